The predicted molar refractivity (Wildman–Crippen MR) is 130 cm³/mol. The van der Waals surface area contributed by atoms with Gasteiger partial charge in [0.25, 0.3) is 5.91 Å². The van der Waals surface area contributed by atoms with Gasteiger partial charge in [-0.25, -0.2) is 4.98 Å². The molecule has 0 unspecified atom stereocenters. The van der Waals surface area contributed by atoms with Crippen molar-refractivity contribution in [3.63, 3.8) is 0 Å². The molecule has 0 aliphatic rings. The lowest BCUT2D eigenvalue weighted by Crippen LogP contribution is -2.20. The summed E-state index contributed by atoms with van der Waals surface area (Å²) in [7, 11) is 3.65. The zero-order valence-electron chi connectivity index (χ0n) is 17.9. The zero-order chi connectivity index (χ0) is 23.4. The molecule has 2 N–H and O–H groups in total. The van der Waals surface area contributed by atoms with Crippen molar-refractivity contribution in [3.05, 3.63) is 87.0 Å². The third-order valence-corrected chi connectivity index (χ3v) is 5.31. The zero-order valence-corrected chi connectivity index (χ0v) is 19.4. The van der Waals surface area contributed by atoms with Crippen LogP contribution in [0.15, 0.2) is 54.7 Å². The largest absolute Gasteiger partial charge is 0.377 e. The molecular weight excluding hydrogens is 447 g/mol. The molecule has 1 heterocycles. The molecule has 0 aliphatic carbocycles. The Kier molecular flexibility index (Phi) is 7.28. The van der Waals surface area contributed by atoms with E-state index in [9.17, 15) is 9.59 Å². The lowest BCUT2D eigenvalue weighted by molar-refractivity contribution is 0.0992. The lowest BCUT2D eigenvalue weighted by Gasteiger charge is -2.21. The number of carbonyl (C=O) groups is 2. The van der Waals surface area contributed by atoms with Crippen molar-refractivity contribution >= 4 is 52.1 Å². The molecule has 0 radical (unpaired) electrons. The van der Waals surface area contributed by atoms with Crippen molar-refractivity contribution in [1.29, 1.82) is 5.41 Å². The fourth-order valence-corrected chi connectivity index (χ4v) is 3.54. The minimum Gasteiger partial charge on any atom is -0.377 e. The molecule has 1 aromatic heterocycles. The number of pyridine rings is 1. The van der Waals surface area contributed by atoms with Crippen molar-refractivity contribution in [1.82, 2.24) is 4.98 Å². The number of hydrogen-bond donors (Lipinski definition) is 2. The summed E-state index contributed by atoms with van der Waals surface area (Å²) in [5, 5.41) is 11.3. The van der Waals surface area contributed by atoms with E-state index in [0.29, 0.717) is 44.0 Å². The monoisotopic (exact) mass is 468 g/mol. The molecule has 0 spiro atoms. The summed E-state index contributed by atoms with van der Waals surface area (Å²) >= 11 is 12.2. The highest BCUT2D eigenvalue weighted by Crippen LogP contribution is 2.30. The van der Waals surface area contributed by atoms with Crippen molar-refractivity contribution in [2.24, 2.45) is 0 Å². The number of rotatable bonds is 7. The van der Waals surface area contributed by atoms with Gasteiger partial charge in [0.2, 0.25) is 0 Å². The van der Waals surface area contributed by atoms with Crippen LogP contribution < -0.4 is 10.2 Å². The third kappa shape index (κ3) is 5.52. The van der Waals surface area contributed by atoms with Crippen LogP contribution in [0, 0.1) is 5.41 Å². The number of carbonyl (C=O) groups excluding carboxylic acids is 2. The fraction of sp³-hybridized carbons (Fsp3) is 0.167. The molecule has 0 fully saturated rings. The molecule has 0 saturated heterocycles. The van der Waals surface area contributed by atoms with Crippen LogP contribution in [0.5, 0.6) is 0 Å². The average molecular weight is 469 g/mol. The second-order valence-electron chi connectivity index (χ2n) is 7.46. The number of benzene rings is 2. The number of halogens is 2. The molecular formula is C24H22Cl2N4O2. The lowest BCUT2D eigenvalue weighted by atomic mass is 9.95. The van der Waals surface area contributed by atoms with Gasteiger partial charge in [-0.05, 0) is 42.3 Å². The number of ketones is 1. The molecule has 2 aromatic carbocycles. The first-order valence-electron chi connectivity index (χ1n) is 9.77. The number of amides is 1. The van der Waals surface area contributed by atoms with Crippen molar-refractivity contribution < 1.29 is 9.59 Å². The van der Waals surface area contributed by atoms with E-state index >= 15 is 0 Å². The Balaban J connectivity index is 1.97. The van der Waals surface area contributed by atoms with Crippen LogP contribution in [0.1, 0.15) is 38.8 Å². The van der Waals surface area contributed by atoms with Crippen molar-refractivity contribution in [2.45, 2.75) is 13.3 Å². The molecule has 32 heavy (non-hydrogen) atoms. The Bertz CT molecular complexity index is 1170. The van der Waals surface area contributed by atoms with Crippen LogP contribution in [0.2, 0.25) is 10.0 Å². The number of Topliss-reactive ketones (excluding diaryl/α,β-unsaturated/α-hetero) is 1. The normalized spacial score (nSPS) is 10.5. The highest BCUT2D eigenvalue weighted by molar-refractivity contribution is 6.31. The van der Waals surface area contributed by atoms with E-state index in [1.54, 1.807) is 55.5 Å². The first-order chi connectivity index (χ1) is 15.2. The summed E-state index contributed by atoms with van der Waals surface area (Å²) in [6.45, 7) is 1.69. The van der Waals surface area contributed by atoms with E-state index in [1.807, 2.05) is 19.0 Å². The van der Waals surface area contributed by atoms with Crippen LogP contribution >= 0.6 is 23.2 Å². The first-order valence-corrected chi connectivity index (χ1v) is 10.5. The maximum absolute atomic E-state index is 13.1. The van der Waals surface area contributed by atoms with E-state index in [-0.39, 0.29) is 12.2 Å². The van der Waals surface area contributed by atoms with E-state index in [2.05, 4.69) is 10.3 Å². The molecule has 0 saturated carbocycles. The SMILES string of the molecule is CC(=N)c1ccc(C(=O)Cc2c(C(=O)Nc3ccc(Cl)cn3)cc(Cl)cc2N(C)C)cc1. The van der Waals surface area contributed by atoms with E-state index in [4.69, 9.17) is 28.6 Å². The Morgan fingerprint density at radius 3 is 2.22 bits per heavy atom. The van der Waals surface area contributed by atoms with E-state index in [1.165, 1.54) is 6.20 Å². The van der Waals surface area contributed by atoms with Crippen LogP contribution in [0.3, 0.4) is 0 Å². The standard InChI is InChI=1S/C24H22Cl2N4O2/c1-14(27)15-4-6-16(7-5-15)22(31)12-19-20(10-18(26)11-21(19)30(2)3)24(32)29-23-9-8-17(25)13-28-23/h4-11,13,27H,12H2,1-3H3,(H,28,29,32). The van der Waals surface area contributed by atoms with Crippen molar-refractivity contribution in [3.8, 4) is 0 Å². The van der Waals surface area contributed by atoms with Crippen molar-refractivity contribution in [2.75, 3.05) is 24.3 Å². The van der Waals surface area contributed by atoms with Crippen LogP contribution in [-0.4, -0.2) is 36.5 Å². The molecule has 3 aromatic rings. The minimum atomic E-state index is -0.428. The van der Waals surface area contributed by atoms with Gasteiger partial charge in [-0.15, -0.1) is 0 Å². The maximum atomic E-state index is 13.1. The average Bonchev–Trinajstić information content (AvgIpc) is 2.76. The molecule has 8 heteroatoms. The first kappa shape index (κ1) is 23.4. The summed E-state index contributed by atoms with van der Waals surface area (Å²) in [6.07, 6.45) is 1.44. The molecule has 0 bridgehead atoms. The van der Waals surface area contributed by atoms with Gasteiger partial charge < -0.3 is 15.6 Å². The predicted octanol–water partition coefficient (Wildman–Crippen LogP) is 5.52. The van der Waals surface area contributed by atoms with Crippen LogP contribution in [0.4, 0.5) is 11.5 Å². The number of aromatic nitrogens is 1. The number of anilines is 2. The quantitative estimate of drug-likeness (QED) is 0.353. The summed E-state index contributed by atoms with van der Waals surface area (Å²) in [5.74, 6) is -0.244. The molecule has 6 nitrogen and oxygen atoms in total. The van der Waals surface area contributed by atoms with Crippen LogP contribution in [0.25, 0.3) is 0 Å². The van der Waals surface area contributed by atoms with Gasteiger partial charge in [0.15, 0.2) is 5.78 Å². The highest BCUT2D eigenvalue weighted by Gasteiger charge is 2.21. The van der Waals surface area contributed by atoms with Gasteiger partial charge >= 0.3 is 0 Å². The van der Waals surface area contributed by atoms with E-state index in [0.717, 1.165) is 5.56 Å². The minimum absolute atomic E-state index is 0.00437. The van der Waals surface area contributed by atoms with Gasteiger partial charge in [0.05, 0.1) is 5.02 Å². The second-order valence-corrected chi connectivity index (χ2v) is 8.34. The van der Waals surface area contributed by atoms with Gasteiger partial charge in [-0.1, -0.05) is 47.5 Å². The van der Waals surface area contributed by atoms with Gasteiger partial charge in [-0.2, -0.15) is 0 Å². The Morgan fingerprint density at radius 2 is 1.66 bits per heavy atom. The third-order valence-electron chi connectivity index (χ3n) is 4.86. The Hall–Kier alpha value is -3.22. The summed E-state index contributed by atoms with van der Waals surface area (Å²) < 4.78 is 0. The highest BCUT2D eigenvalue weighted by atomic mass is 35.5. The molecule has 0 aliphatic heterocycles. The smallest absolute Gasteiger partial charge is 0.257 e. The topological polar surface area (TPSA) is 86.1 Å². The summed E-state index contributed by atoms with van der Waals surface area (Å²) in [6, 6.07) is 13.4. The number of nitrogens with one attached hydrogen (secondary N) is 2. The van der Waals surface area contributed by atoms with Gasteiger partial charge in [-0.3, -0.25) is 9.59 Å². The molecule has 0 atom stereocenters. The fourth-order valence-electron chi connectivity index (χ4n) is 3.21. The second kappa shape index (κ2) is 9.94. The number of hydrogen-bond acceptors (Lipinski definition) is 5. The van der Waals surface area contributed by atoms with Crippen LogP contribution in [-0.2, 0) is 6.42 Å². The summed E-state index contributed by atoms with van der Waals surface area (Å²) in [4.78, 5) is 32.1. The summed E-state index contributed by atoms with van der Waals surface area (Å²) in [5.41, 5.74) is 3.19. The maximum Gasteiger partial charge on any atom is 0.257 e. The Morgan fingerprint density at radius 1 is 1.00 bits per heavy atom. The molecule has 1 amide bonds. The molecule has 3 rings (SSSR count). The van der Waals surface area contributed by atoms with Gasteiger partial charge in [0, 0.05) is 54.3 Å². The number of nitrogens with zero attached hydrogens (tertiary/aromatic N) is 2. The van der Waals surface area contributed by atoms with E-state index < -0.39 is 5.91 Å². The molecule has 164 valence electrons. The van der Waals surface area contributed by atoms with Gasteiger partial charge in [0.1, 0.15) is 5.82 Å². The Labute approximate surface area is 196 Å².